The largest absolute Gasteiger partial charge is 0.478 e. The van der Waals surface area contributed by atoms with Gasteiger partial charge in [-0.15, -0.1) is 0 Å². The number of carbonyl (C=O) groups excluding carboxylic acids is 1. The van der Waals surface area contributed by atoms with Crippen LogP contribution in [0.2, 0.25) is 0 Å². The molecule has 0 radical (unpaired) electrons. The molecule has 0 heterocycles. The molecule has 0 aliphatic heterocycles. The highest BCUT2D eigenvalue weighted by molar-refractivity contribution is 5.89. The van der Waals surface area contributed by atoms with Crippen molar-refractivity contribution in [2.75, 3.05) is 6.54 Å². The molecule has 1 aromatic rings. The lowest BCUT2D eigenvalue weighted by atomic mass is 10.0. The Morgan fingerprint density at radius 1 is 1.09 bits per heavy atom. The van der Waals surface area contributed by atoms with Gasteiger partial charge in [-0.2, -0.15) is 0 Å². The molecule has 0 aromatic heterocycles. The summed E-state index contributed by atoms with van der Waals surface area (Å²) in [5.74, 6) is -0.873. The number of hydrogen-bond acceptors (Lipinski definition) is 3. The molecule has 0 aliphatic carbocycles. The number of ether oxygens (including phenoxy) is 1. The van der Waals surface area contributed by atoms with E-state index in [4.69, 9.17) is 9.84 Å². The van der Waals surface area contributed by atoms with E-state index in [-0.39, 0.29) is 6.09 Å². The number of alkyl carbamates (subject to hydrolysis) is 1. The Morgan fingerprint density at radius 2 is 1.74 bits per heavy atom. The summed E-state index contributed by atoms with van der Waals surface area (Å²) >= 11 is 0. The Morgan fingerprint density at radius 3 is 2.39 bits per heavy atom. The maximum atomic E-state index is 11.4. The zero-order valence-corrected chi connectivity index (χ0v) is 14.2. The minimum Gasteiger partial charge on any atom is -0.478 e. The molecule has 0 spiro atoms. The Balaban J connectivity index is 2.15. The predicted molar refractivity (Wildman–Crippen MR) is 89.8 cm³/mol. The van der Waals surface area contributed by atoms with E-state index in [2.05, 4.69) is 5.32 Å². The third-order valence-electron chi connectivity index (χ3n) is 3.29. The van der Waals surface area contributed by atoms with E-state index in [9.17, 15) is 9.59 Å². The molecule has 0 unspecified atom stereocenters. The molecule has 0 fully saturated rings. The number of carboxylic acids is 1. The molecule has 5 heteroatoms. The normalized spacial score (nSPS) is 11.1. The minimum absolute atomic E-state index is 0.382. The Hall–Kier alpha value is -2.04. The van der Waals surface area contributed by atoms with Crippen LogP contribution >= 0.6 is 0 Å². The summed E-state index contributed by atoms with van der Waals surface area (Å²) in [7, 11) is 0. The molecular weight excluding hydrogens is 294 g/mol. The number of carbonyl (C=O) groups is 2. The molecule has 0 saturated heterocycles. The zero-order valence-electron chi connectivity index (χ0n) is 14.2. The van der Waals surface area contributed by atoms with Crippen molar-refractivity contribution in [1.29, 1.82) is 0 Å². The highest BCUT2D eigenvalue weighted by Crippen LogP contribution is 2.13. The molecule has 0 atom stereocenters. The van der Waals surface area contributed by atoms with E-state index >= 15 is 0 Å². The number of aryl methyl sites for hydroxylation is 1. The van der Waals surface area contributed by atoms with Gasteiger partial charge in [0, 0.05) is 6.54 Å². The predicted octanol–water partition coefficient (Wildman–Crippen LogP) is 4.01. The van der Waals surface area contributed by atoms with E-state index in [0.29, 0.717) is 12.1 Å². The van der Waals surface area contributed by atoms with Gasteiger partial charge in [-0.25, -0.2) is 9.59 Å². The highest BCUT2D eigenvalue weighted by Gasteiger charge is 2.15. The van der Waals surface area contributed by atoms with Gasteiger partial charge < -0.3 is 15.2 Å². The van der Waals surface area contributed by atoms with Gasteiger partial charge in [0.2, 0.25) is 0 Å². The lowest BCUT2D eigenvalue weighted by Gasteiger charge is -2.19. The van der Waals surface area contributed by atoms with Crippen LogP contribution in [0.25, 0.3) is 0 Å². The SMILES string of the molecule is CC(C)(C)OC(=O)NCCCCCCc1ccccc1C(=O)O. The Bertz CT molecular complexity index is 520. The minimum atomic E-state index is -0.873. The molecule has 1 amide bonds. The van der Waals surface area contributed by atoms with Crippen LogP contribution in [0.5, 0.6) is 0 Å². The van der Waals surface area contributed by atoms with Crippen molar-refractivity contribution < 1.29 is 19.4 Å². The number of carboxylic acid groups (broad SMARTS) is 1. The number of amides is 1. The first-order chi connectivity index (χ1) is 10.8. The lowest BCUT2D eigenvalue weighted by molar-refractivity contribution is 0.0526. The number of rotatable bonds is 8. The van der Waals surface area contributed by atoms with Crippen molar-refractivity contribution in [3.63, 3.8) is 0 Å². The molecule has 0 bridgehead atoms. The molecule has 23 heavy (non-hydrogen) atoms. The summed E-state index contributed by atoms with van der Waals surface area (Å²) in [5, 5.41) is 11.9. The topological polar surface area (TPSA) is 75.6 Å². The van der Waals surface area contributed by atoms with Crippen LogP contribution in [-0.2, 0) is 11.2 Å². The second-order valence-electron chi connectivity index (χ2n) is 6.56. The summed E-state index contributed by atoms with van der Waals surface area (Å²) in [5.41, 5.74) is 0.799. The summed E-state index contributed by atoms with van der Waals surface area (Å²) in [6.07, 6.45) is 4.21. The first kappa shape index (κ1) is 19.0. The molecule has 2 N–H and O–H groups in total. The first-order valence-electron chi connectivity index (χ1n) is 8.07. The van der Waals surface area contributed by atoms with Gasteiger partial charge in [0.25, 0.3) is 0 Å². The molecule has 0 saturated carbocycles. The molecule has 1 aromatic carbocycles. The average molecular weight is 321 g/mol. The van der Waals surface area contributed by atoms with Crippen LogP contribution in [0, 0.1) is 0 Å². The van der Waals surface area contributed by atoms with Crippen molar-refractivity contribution >= 4 is 12.1 Å². The van der Waals surface area contributed by atoms with Gasteiger partial charge in [-0.3, -0.25) is 0 Å². The van der Waals surface area contributed by atoms with Crippen LogP contribution in [0.15, 0.2) is 24.3 Å². The average Bonchev–Trinajstić information content (AvgIpc) is 2.44. The fourth-order valence-electron chi connectivity index (χ4n) is 2.25. The van der Waals surface area contributed by atoms with E-state index in [1.165, 1.54) is 0 Å². The third kappa shape index (κ3) is 8.24. The molecular formula is C18H27NO4. The van der Waals surface area contributed by atoms with Gasteiger partial charge in [0.15, 0.2) is 0 Å². The molecule has 0 aliphatic rings. The van der Waals surface area contributed by atoms with Gasteiger partial charge in [0.05, 0.1) is 5.56 Å². The quantitative estimate of drug-likeness (QED) is 0.709. The number of unbranched alkanes of at least 4 members (excludes halogenated alkanes) is 3. The summed E-state index contributed by atoms with van der Waals surface area (Å²) in [6, 6.07) is 7.12. The monoisotopic (exact) mass is 321 g/mol. The lowest BCUT2D eigenvalue weighted by Crippen LogP contribution is -2.32. The summed E-state index contributed by atoms with van der Waals surface area (Å²) in [6.45, 7) is 6.10. The number of benzene rings is 1. The highest BCUT2D eigenvalue weighted by atomic mass is 16.6. The van der Waals surface area contributed by atoms with Crippen LogP contribution in [-0.4, -0.2) is 29.3 Å². The van der Waals surface area contributed by atoms with Crippen LogP contribution in [0.4, 0.5) is 4.79 Å². The van der Waals surface area contributed by atoms with E-state index < -0.39 is 11.6 Å². The second-order valence-corrected chi connectivity index (χ2v) is 6.56. The smallest absolute Gasteiger partial charge is 0.407 e. The molecule has 128 valence electrons. The van der Waals surface area contributed by atoms with Crippen molar-refractivity contribution in [2.45, 2.75) is 58.5 Å². The molecule has 1 rings (SSSR count). The maximum absolute atomic E-state index is 11.4. The van der Waals surface area contributed by atoms with E-state index in [1.54, 1.807) is 12.1 Å². The number of hydrogen-bond donors (Lipinski definition) is 2. The van der Waals surface area contributed by atoms with Crippen LogP contribution < -0.4 is 5.32 Å². The molecule has 5 nitrogen and oxygen atoms in total. The van der Waals surface area contributed by atoms with Crippen molar-refractivity contribution in [3.05, 3.63) is 35.4 Å². The van der Waals surface area contributed by atoms with Gasteiger partial charge >= 0.3 is 12.1 Å². The fraction of sp³-hybridized carbons (Fsp3) is 0.556. The fourth-order valence-corrected chi connectivity index (χ4v) is 2.25. The Labute approximate surface area is 138 Å². The van der Waals surface area contributed by atoms with Crippen molar-refractivity contribution in [1.82, 2.24) is 5.32 Å². The van der Waals surface area contributed by atoms with Gasteiger partial charge in [0.1, 0.15) is 5.60 Å². The number of nitrogens with one attached hydrogen (secondary N) is 1. The van der Waals surface area contributed by atoms with Crippen molar-refractivity contribution in [3.8, 4) is 0 Å². The zero-order chi connectivity index (χ0) is 17.3. The summed E-state index contributed by atoms with van der Waals surface area (Å²) < 4.78 is 5.15. The van der Waals surface area contributed by atoms with Crippen LogP contribution in [0.1, 0.15) is 62.4 Å². The van der Waals surface area contributed by atoms with Gasteiger partial charge in [-0.05, 0) is 51.7 Å². The first-order valence-corrected chi connectivity index (χ1v) is 8.07. The summed E-state index contributed by atoms with van der Waals surface area (Å²) in [4.78, 5) is 22.6. The van der Waals surface area contributed by atoms with E-state index in [1.807, 2.05) is 32.9 Å². The van der Waals surface area contributed by atoms with Crippen LogP contribution in [0.3, 0.4) is 0 Å². The van der Waals surface area contributed by atoms with Gasteiger partial charge in [-0.1, -0.05) is 31.0 Å². The second kappa shape index (κ2) is 9.18. The van der Waals surface area contributed by atoms with Crippen molar-refractivity contribution in [2.24, 2.45) is 0 Å². The number of aromatic carboxylic acids is 1. The van der Waals surface area contributed by atoms with E-state index in [0.717, 1.165) is 37.7 Å². The third-order valence-corrected chi connectivity index (χ3v) is 3.29. The maximum Gasteiger partial charge on any atom is 0.407 e. The Kier molecular flexibility index (Phi) is 7.59. The standard InChI is InChI=1S/C18H27NO4/c1-18(2,3)23-17(22)19-13-9-5-4-6-10-14-11-7-8-12-15(14)16(20)21/h7-8,11-12H,4-6,9-10,13H2,1-3H3,(H,19,22)(H,20,21).